The number of rotatable bonds is 26. The molecule has 0 unspecified atom stereocenters. The van der Waals surface area contributed by atoms with E-state index in [0.29, 0.717) is 65.3 Å². The average molecular weight is 861 g/mol. The van der Waals surface area contributed by atoms with Crippen LogP contribution in [-0.4, -0.2) is 45.5 Å². The van der Waals surface area contributed by atoms with Crippen LogP contribution in [0.4, 0.5) is 0 Å². The van der Waals surface area contributed by atoms with Crippen LogP contribution in [0.1, 0.15) is 234 Å². The summed E-state index contributed by atoms with van der Waals surface area (Å²) >= 11 is 0. The second kappa shape index (κ2) is 21.6. The number of imide groups is 2. The summed E-state index contributed by atoms with van der Waals surface area (Å²) in [5, 5.41) is 26.4. The van der Waals surface area contributed by atoms with E-state index in [0.717, 1.165) is 154 Å². The fourth-order valence-electron chi connectivity index (χ4n) is 11.1. The van der Waals surface area contributed by atoms with E-state index in [9.17, 15) is 29.7 Å². The van der Waals surface area contributed by atoms with E-state index in [1.807, 2.05) is 12.1 Å². The first-order valence-electron chi connectivity index (χ1n) is 25.1. The zero-order chi connectivity index (χ0) is 45.3. The van der Waals surface area contributed by atoms with Gasteiger partial charge in [0.15, 0.2) is 0 Å². The number of nitrogens with zero attached hydrogens (tertiary/aromatic N) is 4. The van der Waals surface area contributed by atoms with Crippen molar-refractivity contribution in [2.24, 2.45) is 0 Å². The summed E-state index contributed by atoms with van der Waals surface area (Å²) in [6.07, 6.45) is 24.6. The predicted octanol–water partition coefficient (Wildman–Crippen LogP) is 14.9. The van der Waals surface area contributed by atoms with E-state index in [4.69, 9.17) is 0 Å². The number of amides is 4. The van der Waals surface area contributed by atoms with Gasteiger partial charge in [-0.3, -0.25) is 29.0 Å². The van der Waals surface area contributed by atoms with Crippen LogP contribution in [0.25, 0.3) is 43.1 Å². The molecule has 0 atom stereocenters. The highest BCUT2D eigenvalue weighted by Crippen LogP contribution is 2.49. The summed E-state index contributed by atoms with van der Waals surface area (Å²) in [6.45, 7) is 8.77. The van der Waals surface area contributed by atoms with Crippen LogP contribution < -0.4 is 0 Å². The minimum atomic E-state index is -0.372. The molecule has 64 heavy (non-hydrogen) atoms. The maximum absolute atomic E-state index is 14.9. The number of unbranched alkanes of at least 4 members (excludes halogenated alkanes) is 16. The number of nitriles is 2. The van der Waals surface area contributed by atoms with Crippen LogP contribution in [0.3, 0.4) is 0 Å². The lowest BCUT2D eigenvalue weighted by Gasteiger charge is -2.36. The third-order valence-electron chi connectivity index (χ3n) is 14.4. The Morgan fingerprint density at radius 3 is 0.984 bits per heavy atom. The molecule has 7 rings (SSSR count). The minimum absolute atomic E-state index is 0.248. The lowest BCUT2D eigenvalue weighted by atomic mass is 9.79. The van der Waals surface area contributed by atoms with Crippen molar-refractivity contribution in [1.29, 1.82) is 10.5 Å². The number of benzene rings is 5. The van der Waals surface area contributed by atoms with E-state index in [1.165, 1.54) is 9.80 Å². The molecular formula is C56H68N4O4. The van der Waals surface area contributed by atoms with Crippen molar-refractivity contribution < 1.29 is 19.2 Å². The SMILES string of the molecule is CCCCCCCC(CCCCCCC)N1C(=O)c2ccc3c4c(C#N)cc5c6c(ccc(c7c(C#N)cc(c2c37)C1=O)c64)C(=O)N(C(CCCCCCC)CCCCCCC)C5=O. The summed E-state index contributed by atoms with van der Waals surface area (Å²) in [6, 6.07) is 14.9. The first kappa shape index (κ1) is 46.6. The lowest BCUT2D eigenvalue weighted by Crippen LogP contribution is -2.47. The molecule has 2 heterocycles. The van der Waals surface area contributed by atoms with Gasteiger partial charge in [-0.1, -0.05) is 168 Å². The van der Waals surface area contributed by atoms with Gasteiger partial charge in [0.1, 0.15) is 0 Å². The predicted molar refractivity (Wildman–Crippen MR) is 259 cm³/mol. The van der Waals surface area contributed by atoms with Crippen molar-refractivity contribution >= 4 is 66.7 Å². The summed E-state index contributed by atoms with van der Waals surface area (Å²) in [7, 11) is 0. The van der Waals surface area contributed by atoms with Crippen molar-refractivity contribution in [2.45, 2.75) is 194 Å². The topological polar surface area (TPSA) is 122 Å². The van der Waals surface area contributed by atoms with Gasteiger partial charge in [-0.2, -0.15) is 10.5 Å². The van der Waals surface area contributed by atoms with E-state index < -0.39 is 0 Å². The van der Waals surface area contributed by atoms with Gasteiger partial charge in [-0.05, 0) is 60.7 Å². The minimum Gasteiger partial charge on any atom is -0.271 e. The molecule has 4 amide bonds. The third kappa shape index (κ3) is 8.87. The molecule has 0 fully saturated rings. The van der Waals surface area contributed by atoms with E-state index in [2.05, 4.69) is 39.8 Å². The normalized spacial score (nSPS) is 13.9. The summed E-state index contributed by atoms with van der Waals surface area (Å²) < 4.78 is 0. The number of carbonyl (C=O) groups excluding carboxylic acids is 4. The largest absolute Gasteiger partial charge is 0.271 e. The molecule has 2 aliphatic heterocycles. The van der Waals surface area contributed by atoms with Crippen LogP contribution in [0, 0.1) is 22.7 Å². The van der Waals surface area contributed by atoms with Crippen LogP contribution in [0.5, 0.6) is 0 Å². The molecule has 0 N–H and O–H groups in total. The van der Waals surface area contributed by atoms with Gasteiger partial charge in [-0.25, -0.2) is 0 Å². The molecule has 5 aromatic rings. The van der Waals surface area contributed by atoms with Crippen LogP contribution in [0.15, 0.2) is 36.4 Å². The van der Waals surface area contributed by atoms with Crippen LogP contribution in [0.2, 0.25) is 0 Å². The Bertz CT molecular complexity index is 2400. The Labute approximate surface area is 380 Å². The van der Waals surface area contributed by atoms with Gasteiger partial charge in [0, 0.05) is 55.5 Å². The van der Waals surface area contributed by atoms with Crippen molar-refractivity contribution in [3.63, 3.8) is 0 Å². The smallest absolute Gasteiger partial charge is 0.261 e. The summed E-state index contributed by atoms with van der Waals surface area (Å²) in [4.78, 5) is 62.3. The van der Waals surface area contributed by atoms with Crippen molar-refractivity contribution in [1.82, 2.24) is 9.80 Å². The maximum atomic E-state index is 14.9. The molecule has 5 aromatic carbocycles. The lowest BCUT2D eigenvalue weighted by molar-refractivity contribution is 0.0501. The second-order valence-corrected chi connectivity index (χ2v) is 18.8. The first-order chi connectivity index (χ1) is 31.3. The molecule has 0 saturated carbocycles. The monoisotopic (exact) mass is 861 g/mol. The first-order valence-corrected chi connectivity index (χ1v) is 25.1. The average Bonchev–Trinajstić information content (AvgIpc) is 3.30. The number of carbonyl (C=O) groups is 4. The van der Waals surface area contributed by atoms with Crippen molar-refractivity contribution in [2.75, 3.05) is 0 Å². The molecule has 0 saturated heterocycles. The zero-order valence-corrected chi connectivity index (χ0v) is 39.0. The Kier molecular flexibility index (Phi) is 15.7. The van der Waals surface area contributed by atoms with E-state index >= 15 is 0 Å². The van der Waals surface area contributed by atoms with Crippen molar-refractivity contribution in [3.05, 3.63) is 69.8 Å². The maximum Gasteiger partial charge on any atom is 0.261 e. The van der Waals surface area contributed by atoms with Gasteiger partial charge in [0.25, 0.3) is 23.6 Å². The molecule has 336 valence electrons. The number of hydrogen-bond donors (Lipinski definition) is 0. The molecule has 0 bridgehead atoms. The van der Waals surface area contributed by atoms with Crippen LogP contribution in [-0.2, 0) is 0 Å². The van der Waals surface area contributed by atoms with Gasteiger partial charge >= 0.3 is 0 Å². The Hall–Kier alpha value is -5.34. The van der Waals surface area contributed by atoms with E-state index in [1.54, 1.807) is 24.3 Å². The van der Waals surface area contributed by atoms with E-state index in [-0.39, 0.29) is 46.8 Å². The Morgan fingerprint density at radius 1 is 0.391 bits per heavy atom. The quantitative estimate of drug-likeness (QED) is 0.0236. The van der Waals surface area contributed by atoms with Crippen LogP contribution >= 0.6 is 0 Å². The number of hydrogen-bond acceptors (Lipinski definition) is 6. The van der Waals surface area contributed by atoms with Gasteiger partial charge in [0.2, 0.25) is 0 Å². The zero-order valence-electron chi connectivity index (χ0n) is 39.0. The highest BCUT2D eigenvalue weighted by molar-refractivity contribution is 6.42. The highest BCUT2D eigenvalue weighted by atomic mass is 16.2. The van der Waals surface area contributed by atoms with Gasteiger partial charge in [-0.15, -0.1) is 0 Å². The fraction of sp³-hybridized carbons (Fsp3) is 0.536. The Morgan fingerprint density at radius 2 is 0.688 bits per heavy atom. The standard InChI is InChI=1S/C56H68N4O4/c1-5-9-13-17-21-25-39(26-22-18-14-10-6-2)59-53(61)43-31-29-41-48-38(36-58)34-46-50-44(32-30-42(52(48)50)47-37(35-57)33-45(55(59)63)49(43)51(41)47)54(62)60(56(46)64)40(27-23-19-15-11-7-3)28-24-20-16-12-8-4/h29-34,39-40H,5-28H2,1-4H3. The second-order valence-electron chi connectivity index (χ2n) is 18.8. The molecule has 0 radical (unpaired) electrons. The van der Waals surface area contributed by atoms with Gasteiger partial charge < -0.3 is 0 Å². The molecule has 0 spiro atoms. The highest BCUT2D eigenvalue weighted by Gasteiger charge is 2.41. The molecular weight excluding hydrogens is 793 g/mol. The molecule has 8 heteroatoms. The Balaban J connectivity index is 1.35. The number of fused-ring (bicyclic) bond motifs is 2. The summed E-state index contributed by atoms with van der Waals surface area (Å²) in [5.74, 6) is -1.37. The molecule has 0 aliphatic carbocycles. The molecule has 8 nitrogen and oxygen atoms in total. The fourth-order valence-corrected chi connectivity index (χ4v) is 11.1. The van der Waals surface area contributed by atoms with Gasteiger partial charge in [0.05, 0.1) is 34.4 Å². The third-order valence-corrected chi connectivity index (χ3v) is 14.4. The molecule has 2 aliphatic rings. The van der Waals surface area contributed by atoms with Crippen molar-refractivity contribution in [3.8, 4) is 12.1 Å². The summed E-state index contributed by atoms with van der Waals surface area (Å²) in [5.41, 5.74) is 2.07. The molecule has 0 aromatic heterocycles.